The van der Waals surface area contributed by atoms with Crippen LogP contribution in [-0.2, 0) is 11.3 Å². The number of para-hydroxylation sites is 1. The third-order valence-electron chi connectivity index (χ3n) is 3.15. The van der Waals surface area contributed by atoms with Crippen molar-refractivity contribution >= 4 is 5.91 Å². The Morgan fingerprint density at radius 3 is 2.82 bits per heavy atom. The second-order valence-electron chi connectivity index (χ2n) is 4.94. The van der Waals surface area contributed by atoms with Crippen molar-refractivity contribution in [2.75, 3.05) is 6.54 Å². The molecule has 6 nitrogen and oxygen atoms in total. The quantitative estimate of drug-likeness (QED) is 0.868. The molecule has 22 heavy (non-hydrogen) atoms. The number of carbonyl (C=O) groups excluding carboxylic acids is 1. The Hall–Kier alpha value is -2.63. The smallest absolute Gasteiger partial charge is 0.260 e. The number of aromatic nitrogens is 2. The molecule has 0 bridgehead atoms. The predicted molar refractivity (Wildman–Crippen MR) is 82.8 cm³/mol. The minimum Gasteiger partial charge on any atom is -0.481 e. The number of rotatable bonds is 6. The van der Waals surface area contributed by atoms with E-state index in [4.69, 9.17) is 4.74 Å². The first-order valence-electron chi connectivity index (χ1n) is 7.08. The van der Waals surface area contributed by atoms with Crippen LogP contribution in [0.1, 0.15) is 12.5 Å². The van der Waals surface area contributed by atoms with Crippen molar-refractivity contribution in [3.05, 3.63) is 58.8 Å². The lowest BCUT2D eigenvalue weighted by atomic mass is 10.3. The lowest BCUT2D eigenvalue weighted by molar-refractivity contribution is -0.127. The normalized spacial score (nSPS) is 11.7. The van der Waals surface area contributed by atoms with Gasteiger partial charge in [-0.1, -0.05) is 18.2 Å². The van der Waals surface area contributed by atoms with Gasteiger partial charge in [0.2, 0.25) is 0 Å². The predicted octanol–water partition coefficient (Wildman–Crippen LogP) is 1.14. The molecule has 0 saturated carbocycles. The van der Waals surface area contributed by atoms with Crippen LogP contribution in [0.25, 0.3) is 0 Å². The fourth-order valence-corrected chi connectivity index (χ4v) is 1.92. The van der Waals surface area contributed by atoms with E-state index in [9.17, 15) is 9.59 Å². The van der Waals surface area contributed by atoms with Crippen LogP contribution >= 0.6 is 0 Å². The van der Waals surface area contributed by atoms with E-state index in [2.05, 4.69) is 10.3 Å². The molecule has 1 heterocycles. The first-order chi connectivity index (χ1) is 10.6. The molecule has 2 rings (SSSR count). The van der Waals surface area contributed by atoms with Crippen LogP contribution in [-0.4, -0.2) is 28.1 Å². The Kier molecular flexibility index (Phi) is 5.30. The van der Waals surface area contributed by atoms with Crippen LogP contribution in [0.3, 0.4) is 0 Å². The van der Waals surface area contributed by atoms with Crippen LogP contribution in [0.2, 0.25) is 0 Å². The molecule has 6 heteroatoms. The summed E-state index contributed by atoms with van der Waals surface area (Å²) in [5.41, 5.74) is 0.479. The standard InChI is InChI=1S/C16H19N3O3/c1-12-10-17-11-19(16(12)21)9-8-18-15(20)13(2)22-14-6-4-3-5-7-14/h3-7,10-11,13H,8-9H2,1-2H3,(H,18,20). The number of benzene rings is 1. The molecule has 0 saturated heterocycles. The van der Waals surface area contributed by atoms with Crippen molar-refractivity contribution in [1.82, 2.24) is 14.9 Å². The first kappa shape index (κ1) is 15.8. The number of nitrogens with one attached hydrogen (secondary N) is 1. The van der Waals surface area contributed by atoms with Gasteiger partial charge in [0.25, 0.3) is 11.5 Å². The van der Waals surface area contributed by atoms with Crippen LogP contribution in [0.15, 0.2) is 47.7 Å². The number of carbonyl (C=O) groups is 1. The Bertz CT molecular complexity index is 683. The molecule has 0 radical (unpaired) electrons. The van der Waals surface area contributed by atoms with Crippen LogP contribution in [0.4, 0.5) is 0 Å². The summed E-state index contributed by atoms with van der Waals surface area (Å²) in [5, 5.41) is 2.75. The van der Waals surface area contributed by atoms with Gasteiger partial charge in [-0.3, -0.25) is 14.2 Å². The molecule has 0 aliphatic heterocycles. The first-order valence-corrected chi connectivity index (χ1v) is 7.08. The average molecular weight is 301 g/mol. The summed E-state index contributed by atoms with van der Waals surface area (Å²) < 4.78 is 7.00. The average Bonchev–Trinajstić information content (AvgIpc) is 2.52. The van der Waals surface area contributed by atoms with Crippen molar-refractivity contribution in [2.24, 2.45) is 0 Å². The van der Waals surface area contributed by atoms with Gasteiger partial charge in [-0.2, -0.15) is 0 Å². The lowest BCUT2D eigenvalue weighted by Crippen LogP contribution is -2.39. The second-order valence-corrected chi connectivity index (χ2v) is 4.94. The van der Waals surface area contributed by atoms with Gasteiger partial charge < -0.3 is 10.1 Å². The molecular formula is C16H19N3O3. The lowest BCUT2D eigenvalue weighted by Gasteiger charge is -2.15. The minimum atomic E-state index is -0.602. The Labute approximate surface area is 128 Å². The van der Waals surface area contributed by atoms with E-state index in [-0.39, 0.29) is 11.5 Å². The van der Waals surface area contributed by atoms with Crippen molar-refractivity contribution in [2.45, 2.75) is 26.5 Å². The third kappa shape index (κ3) is 4.18. The SMILES string of the molecule is Cc1cncn(CCNC(=O)C(C)Oc2ccccc2)c1=O. The van der Waals surface area contributed by atoms with E-state index < -0.39 is 6.10 Å². The number of hydrogen-bond acceptors (Lipinski definition) is 4. The molecule has 0 aliphatic rings. The molecule has 1 amide bonds. The van der Waals surface area contributed by atoms with Crippen molar-refractivity contribution in [3.8, 4) is 5.75 Å². The molecule has 1 atom stereocenters. The van der Waals surface area contributed by atoms with E-state index >= 15 is 0 Å². The highest BCUT2D eigenvalue weighted by Gasteiger charge is 2.13. The summed E-state index contributed by atoms with van der Waals surface area (Å²) in [4.78, 5) is 27.7. The third-order valence-corrected chi connectivity index (χ3v) is 3.15. The molecule has 0 fully saturated rings. The maximum atomic E-state index is 12.0. The van der Waals surface area contributed by atoms with Gasteiger partial charge in [-0.15, -0.1) is 0 Å². The minimum absolute atomic E-state index is 0.0992. The molecular weight excluding hydrogens is 282 g/mol. The van der Waals surface area contributed by atoms with Crippen LogP contribution in [0.5, 0.6) is 5.75 Å². The van der Waals surface area contributed by atoms with Gasteiger partial charge in [-0.05, 0) is 26.0 Å². The number of ether oxygens (including phenoxy) is 1. The molecule has 1 aromatic heterocycles. The Morgan fingerprint density at radius 1 is 1.36 bits per heavy atom. The summed E-state index contributed by atoms with van der Waals surface area (Å²) in [6.07, 6.45) is 2.38. The van der Waals surface area contributed by atoms with Gasteiger partial charge in [0.15, 0.2) is 6.10 Å². The van der Waals surface area contributed by atoms with Gasteiger partial charge in [0.1, 0.15) is 5.75 Å². The van der Waals surface area contributed by atoms with Crippen molar-refractivity contribution < 1.29 is 9.53 Å². The molecule has 1 unspecified atom stereocenters. The second kappa shape index (κ2) is 7.40. The van der Waals surface area contributed by atoms with Gasteiger partial charge in [-0.25, -0.2) is 4.98 Å². The van der Waals surface area contributed by atoms with Gasteiger partial charge in [0.05, 0.1) is 6.33 Å². The largest absolute Gasteiger partial charge is 0.481 e. The van der Waals surface area contributed by atoms with E-state index in [1.807, 2.05) is 18.2 Å². The highest BCUT2D eigenvalue weighted by Crippen LogP contribution is 2.10. The number of aryl methyl sites for hydroxylation is 1. The summed E-state index contributed by atoms with van der Waals surface area (Å²) >= 11 is 0. The van der Waals surface area contributed by atoms with Crippen molar-refractivity contribution in [3.63, 3.8) is 0 Å². The topological polar surface area (TPSA) is 73.2 Å². The van der Waals surface area contributed by atoms with Crippen LogP contribution < -0.4 is 15.6 Å². The summed E-state index contributed by atoms with van der Waals surface area (Å²) in [5.74, 6) is 0.418. The fraction of sp³-hybridized carbons (Fsp3) is 0.312. The summed E-state index contributed by atoms with van der Waals surface area (Å²) in [6, 6.07) is 9.16. The van der Waals surface area contributed by atoms with E-state index in [0.29, 0.717) is 24.4 Å². The molecule has 0 spiro atoms. The molecule has 0 aliphatic carbocycles. The number of hydrogen-bond donors (Lipinski definition) is 1. The number of nitrogens with zero attached hydrogens (tertiary/aromatic N) is 2. The monoisotopic (exact) mass is 301 g/mol. The molecule has 1 N–H and O–H groups in total. The zero-order chi connectivity index (χ0) is 15.9. The van der Waals surface area contributed by atoms with E-state index in [1.54, 1.807) is 26.0 Å². The van der Waals surface area contributed by atoms with Crippen molar-refractivity contribution in [1.29, 1.82) is 0 Å². The zero-order valence-corrected chi connectivity index (χ0v) is 12.7. The highest BCUT2D eigenvalue weighted by molar-refractivity contribution is 5.80. The molecule has 1 aromatic carbocycles. The zero-order valence-electron chi connectivity index (χ0n) is 12.7. The maximum Gasteiger partial charge on any atom is 0.260 e. The van der Waals surface area contributed by atoms with Gasteiger partial charge in [0, 0.05) is 24.8 Å². The van der Waals surface area contributed by atoms with Crippen LogP contribution in [0, 0.1) is 6.92 Å². The summed E-state index contributed by atoms with van der Waals surface area (Å²) in [7, 11) is 0. The fourth-order valence-electron chi connectivity index (χ4n) is 1.92. The van der Waals surface area contributed by atoms with Gasteiger partial charge >= 0.3 is 0 Å². The number of amides is 1. The molecule has 2 aromatic rings. The van der Waals surface area contributed by atoms with E-state index in [0.717, 1.165) is 0 Å². The Morgan fingerprint density at radius 2 is 2.09 bits per heavy atom. The van der Waals surface area contributed by atoms with E-state index in [1.165, 1.54) is 17.1 Å². The molecule has 116 valence electrons. The highest BCUT2D eigenvalue weighted by atomic mass is 16.5. The Balaban J connectivity index is 1.82. The summed E-state index contributed by atoms with van der Waals surface area (Å²) in [6.45, 7) is 4.10. The maximum absolute atomic E-state index is 12.0.